The van der Waals surface area contributed by atoms with Crippen molar-refractivity contribution in [2.24, 2.45) is 5.92 Å². The second-order valence-corrected chi connectivity index (χ2v) is 12.4. The van der Waals surface area contributed by atoms with Crippen molar-refractivity contribution >= 4 is 45.2 Å². The lowest BCUT2D eigenvalue weighted by molar-refractivity contribution is -0.139. The van der Waals surface area contributed by atoms with Crippen molar-refractivity contribution in [3.63, 3.8) is 0 Å². The van der Waals surface area contributed by atoms with E-state index in [1.165, 1.54) is 0 Å². The van der Waals surface area contributed by atoms with Crippen LogP contribution in [0.2, 0.25) is 0 Å². The Bertz CT molecular complexity index is 1640. The van der Waals surface area contributed by atoms with Gasteiger partial charge in [-0.05, 0) is 53.4 Å². The van der Waals surface area contributed by atoms with E-state index < -0.39 is 23.5 Å². The second kappa shape index (κ2) is 12.2. The Hall–Kier alpha value is -3.99. The van der Waals surface area contributed by atoms with Gasteiger partial charge in [-0.3, -0.25) is 14.5 Å². The zero-order chi connectivity index (χ0) is 31.0. The van der Waals surface area contributed by atoms with Crippen molar-refractivity contribution in [3.8, 4) is 0 Å². The molecule has 3 aromatic carbocycles. The summed E-state index contributed by atoms with van der Waals surface area (Å²) in [5.41, 5.74) is 2.91. The molecule has 228 valence electrons. The van der Waals surface area contributed by atoms with Crippen LogP contribution in [0.5, 0.6) is 0 Å². The van der Waals surface area contributed by atoms with E-state index >= 15 is 0 Å². The number of halogens is 1. The van der Waals surface area contributed by atoms with Gasteiger partial charge < -0.3 is 24.7 Å². The number of benzene rings is 3. The molecular weight excluding hydrogens is 626 g/mol. The van der Waals surface area contributed by atoms with Gasteiger partial charge in [-0.2, -0.15) is 0 Å². The van der Waals surface area contributed by atoms with E-state index in [-0.39, 0.29) is 31.5 Å². The van der Waals surface area contributed by atoms with Gasteiger partial charge in [-0.15, -0.1) is 0 Å². The molecule has 1 saturated heterocycles. The maximum Gasteiger partial charge on any atom is 0.414 e. The molecule has 9 nitrogen and oxygen atoms in total. The smallest absolute Gasteiger partial charge is 0.414 e. The lowest BCUT2D eigenvalue weighted by Crippen LogP contribution is -2.46. The van der Waals surface area contributed by atoms with E-state index in [2.05, 4.69) is 15.9 Å². The zero-order valence-electron chi connectivity index (χ0n) is 24.4. The number of ether oxygens (including phenoxy) is 1. The molecule has 3 atom stereocenters. The molecule has 0 aliphatic carbocycles. The summed E-state index contributed by atoms with van der Waals surface area (Å²) in [4.78, 5) is 44.2. The molecule has 0 saturated carbocycles. The van der Waals surface area contributed by atoms with Gasteiger partial charge >= 0.3 is 6.09 Å². The zero-order valence-corrected chi connectivity index (χ0v) is 25.9. The van der Waals surface area contributed by atoms with Gasteiger partial charge in [0.1, 0.15) is 6.61 Å². The third kappa shape index (κ3) is 5.42. The Labute approximate surface area is 264 Å². The van der Waals surface area contributed by atoms with Crippen LogP contribution in [-0.4, -0.2) is 58.8 Å². The number of aliphatic hydroxyl groups is 2. The molecule has 3 heterocycles. The van der Waals surface area contributed by atoms with Gasteiger partial charge in [0, 0.05) is 34.6 Å². The van der Waals surface area contributed by atoms with Gasteiger partial charge in [0.2, 0.25) is 5.91 Å². The molecule has 3 amide bonds. The Kier molecular flexibility index (Phi) is 8.32. The van der Waals surface area contributed by atoms with Crippen LogP contribution >= 0.6 is 15.9 Å². The fourth-order valence-corrected chi connectivity index (χ4v) is 6.74. The Morgan fingerprint density at radius 2 is 1.91 bits per heavy atom. The molecule has 3 aromatic rings. The van der Waals surface area contributed by atoms with E-state index in [9.17, 15) is 24.6 Å². The van der Waals surface area contributed by atoms with Crippen LogP contribution in [0.3, 0.4) is 0 Å². The fraction of sp³-hybridized carbons (Fsp3) is 0.324. The summed E-state index contributed by atoms with van der Waals surface area (Å²) in [6, 6.07) is 20.4. The average Bonchev–Trinajstić information content (AvgIpc) is 3.55. The number of hydrogen-bond acceptors (Lipinski definition) is 6. The highest BCUT2D eigenvalue weighted by Gasteiger charge is 2.52. The number of carbonyl (C=O) groups is 3. The summed E-state index contributed by atoms with van der Waals surface area (Å²) in [5, 5.41) is 22.0. The van der Waals surface area contributed by atoms with Crippen LogP contribution < -0.4 is 9.80 Å². The number of nitrogens with zero attached hydrogens (tertiary/aromatic N) is 3. The van der Waals surface area contributed by atoms with E-state index in [0.717, 1.165) is 21.2 Å². The summed E-state index contributed by atoms with van der Waals surface area (Å²) < 4.78 is 5.80. The highest BCUT2D eigenvalue weighted by Crippen LogP contribution is 2.47. The number of hydrogen-bond donors (Lipinski definition) is 2. The predicted octanol–water partition coefficient (Wildman–Crippen LogP) is 4.67. The van der Waals surface area contributed by atoms with E-state index in [1.54, 1.807) is 45.9 Å². The summed E-state index contributed by atoms with van der Waals surface area (Å²) >= 11 is 3.49. The molecule has 6 rings (SSSR count). The minimum absolute atomic E-state index is 0.0774. The van der Waals surface area contributed by atoms with Crippen molar-refractivity contribution in [1.82, 2.24) is 4.90 Å². The Morgan fingerprint density at radius 1 is 1.11 bits per heavy atom. The molecule has 3 aliphatic rings. The van der Waals surface area contributed by atoms with Crippen molar-refractivity contribution in [3.05, 3.63) is 106 Å². The number of aliphatic hydroxyl groups excluding tert-OH is 1. The van der Waals surface area contributed by atoms with Gasteiger partial charge in [-0.25, -0.2) is 4.79 Å². The monoisotopic (exact) mass is 659 g/mol. The van der Waals surface area contributed by atoms with E-state index in [4.69, 9.17) is 4.74 Å². The molecule has 1 fully saturated rings. The standard InChI is InChI=1S/C34H34BrN3O6/c1-22(6-4-11-31(40)37-20-25-9-3-2-8-24(25)17-28(37)21-39)34(43)29-18-26(35)12-13-30(29)38(32(34)41)19-23-7-5-10-27(16-23)36-14-15-44-33(36)42/h2-10,12-13,16,18,22,28,39,43H,11,14-15,17,19-21H2,1H3/b6-4+/t22-,28+,34+/m1/s1. The first-order chi connectivity index (χ1) is 21.2. The molecular formula is C34H34BrN3O6. The summed E-state index contributed by atoms with van der Waals surface area (Å²) in [7, 11) is 0. The third-order valence-corrected chi connectivity index (χ3v) is 9.31. The van der Waals surface area contributed by atoms with Crippen molar-refractivity contribution in [2.45, 2.75) is 44.5 Å². The van der Waals surface area contributed by atoms with Crippen molar-refractivity contribution < 1.29 is 29.3 Å². The number of anilines is 2. The van der Waals surface area contributed by atoms with Crippen LogP contribution in [0, 0.1) is 5.92 Å². The van der Waals surface area contributed by atoms with Crippen molar-refractivity contribution in [1.29, 1.82) is 0 Å². The number of amides is 3. The highest BCUT2D eigenvalue weighted by atomic mass is 79.9. The maximum atomic E-state index is 14.0. The van der Waals surface area contributed by atoms with Crippen LogP contribution in [0.25, 0.3) is 0 Å². The molecule has 0 spiro atoms. The summed E-state index contributed by atoms with van der Waals surface area (Å²) in [6.45, 7) is 3.05. The van der Waals surface area contributed by atoms with Crippen molar-refractivity contribution in [2.75, 3.05) is 29.6 Å². The van der Waals surface area contributed by atoms with E-state index in [0.29, 0.717) is 43.1 Å². The normalized spacial score (nSPS) is 21.9. The lowest BCUT2D eigenvalue weighted by atomic mass is 9.83. The number of cyclic esters (lactones) is 1. The maximum absolute atomic E-state index is 14.0. The predicted molar refractivity (Wildman–Crippen MR) is 169 cm³/mol. The average molecular weight is 661 g/mol. The van der Waals surface area contributed by atoms with Crippen LogP contribution in [0.4, 0.5) is 16.2 Å². The Morgan fingerprint density at radius 3 is 2.66 bits per heavy atom. The van der Waals surface area contributed by atoms with Gasteiger partial charge in [0.25, 0.3) is 5.91 Å². The van der Waals surface area contributed by atoms with Crippen LogP contribution in [0.15, 0.2) is 83.4 Å². The fourth-order valence-electron chi connectivity index (χ4n) is 6.38. The first kappa shape index (κ1) is 30.1. The van der Waals surface area contributed by atoms with Gasteiger partial charge in [0.15, 0.2) is 5.60 Å². The first-order valence-corrected chi connectivity index (χ1v) is 15.5. The second-order valence-electron chi connectivity index (χ2n) is 11.5. The highest BCUT2D eigenvalue weighted by molar-refractivity contribution is 9.10. The molecule has 3 aliphatic heterocycles. The molecule has 0 unspecified atom stereocenters. The topological polar surface area (TPSA) is 111 Å². The molecule has 0 aromatic heterocycles. The largest absolute Gasteiger partial charge is 0.447 e. The molecule has 10 heteroatoms. The van der Waals surface area contributed by atoms with Crippen LogP contribution in [-0.2, 0) is 39.4 Å². The summed E-state index contributed by atoms with van der Waals surface area (Å²) in [6.07, 6.45) is 3.69. The van der Waals surface area contributed by atoms with E-state index in [1.807, 2.05) is 54.6 Å². The third-order valence-electron chi connectivity index (χ3n) is 8.82. The summed E-state index contributed by atoms with van der Waals surface area (Å²) in [5.74, 6) is -1.24. The SMILES string of the molecule is C[C@H](/C=C/CC(=O)N1Cc2ccccc2C[C@H]1CO)[C@@]1(O)C(=O)N(Cc2cccc(N3CCOC3=O)c2)c2ccc(Br)cc21. The minimum atomic E-state index is -1.85. The van der Waals surface area contributed by atoms with Gasteiger partial charge in [-0.1, -0.05) is 71.4 Å². The first-order valence-electron chi connectivity index (χ1n) is 14.7. The molecule has 0 radical (unpaired) electrons. The number of carbonyl (C=O) groups excluding carboxylic acids is 3. The molecule has 0 bridgehead atoms. The molecule has 2 N–H and O–H groups in total. The quantitative estimate of drug-likeness (QED) is 0.340. The number of rotatable bonds is 8. The van der Waals surface area contributed by atoms with Crippen LogP contribution in [0.1, 0.15) is 35.6 Å². The van der Waals surface area contributed by atoms with Gasteiger partial charge in [0.05, 0.1) is 31.4 Å². The molecule has 44 heavy (non-hydrogen) atoms. The minimum Gasteiger partial charge on any atom is -0.447 e. The lowest BCUT2D eigenvalue weighted by Gasteiger charge is -2.36. The Balaban J connectivity index is 1.20. The number of fused-ring (bicyclic) bond motifs is 2.